The van der Waals surface area contributed by atoms with E-state index in [0.29, 0.717) is 44.7 Å². The average Bonchev–Trinajstić information content (AvgIpc) is 2.90. The molecule has 0 bridgehead atoms. The molecule has 0 radical (unpaired) electrons. The predicted octanol–water partition coefficient (Wildman–Crippen LogP) is 2.13. The molecule has 108 valence electrons. The molecule has 0 aromatic heterocycles. The summed E-state index contributed by atoms with van der Waals surface area (Å²) in [5, 5.41) is 9.82. The van der Waals surface area contributed by atoms with Crippen molar-refractivity contribution in [2.75, 3.05) is 26.3 Å². The maximum absolute atomic E-state index is 12.4. The molecule has 2 aliphatic rings. The molecule has 0 unspecified atom stereocenters. The monoisotopic (exact) mass is 341 g/mol. The SMILES string of the molecule is O=C(c1cc(Br)ccc1O)N1CCC2(CC1)OCCO2. The molecule has 6 heteroatoms. The number of phenols is 1. The summed E-state index contributed by atoms with van der Waals surface area (Å²) in [6.07, 6.45) is 1.35. The lowest BCUT2D eigenvalue weighted by molar-refractivity contribution is -0.181. The first kappa shape index (κ1) is 13.9. The van der Waals surface area contributed by atoms with Crippen molar-refractivity contribution in [2.45, 2.75) is 18.6 Å². The second-order valence-electron chi connectivity index (χ2n) is 5.06. The molecule has 3 rings (SSSR count). The lowest BCUT2D eigenvalue weighted by Gasteiger charge is -2.37. The number of piperidine rings is 1. The number of rotatable bonds is 1. The Bertz CT molecular complexity index is 518. The van der Waals surface area contributed by atoms with Crippen molar-refractivity contribution in [1.82, 2.24) is 4.90 Å². The average molecular weight is 342 g/mol. The standard InChI is InChI=1S/C14H16BrNO4/c15-10-1-2-12(17)11(9-10)13(18)16-5-3-14(4-6-16)19-7-8-20-14/h1-2,9,17H,3-8H2. The molecule has 2 saturated heterocycles. The summed E-state index contributed by atoms with van der Waals surface area (Å²) >= 11 is 3.32. The molecule has 1 amide bonds. The van der Waals surface area contributed by atoms with Gasteiger partial charge in [-0.05, 0) is 18.2 Å². The van der Waals surface area contributed by atoms with E-state index in [2.05, 4.69) is 15.9 Å². The predicted molar refractivity (Wildman–Crippen MR) is 75.6 cm³/mol. The van der Waals surface area contributed by atoms with Gasteiger partial charge in [-0.2, -0.15) is 0 Å². The minimum Gasteiger partial charge on any atom is -0.507 e. The summed E-state index contributed by atoms with van der Waals surface area (Å²) in [7, 11) is 0. The molecule has 2 fully saturated rings. The molecule has 20 heavy (non-hydrogen) atoms. The topological polar surface area (TPSA) is 59.0 Å². The lowest BCUT2D eigenvalue weighted by Crippen LogP contribution is -2.47. The molecule has 2 heterocycles. The van der Waals surface area contributed by atoms with Gasteiger partial charge in [-0.1, -0.05) is 15.9 Å². The van der Waals surface area contributed by atoms with Crippen LogP contribution in [0.5, 0.6) is 5.75 Å². The Balaban J connectivity index is 1.71. The Hall–Kier alpha value is -1.11. The van der Waals surface area contributed by atoms with Crippen molar-refractivity contribution in [3.05, 3.63) is 28.2 Å². The summed E-state index contributed by atoms with van der Waals surface area (Å²) in [5.41, 5.74) is 0.323. The number of benzene rings is 1. The third-order valence-corrected chi connectivity index (χ3v) is 4.31. The fourth-order valence-corrected chi connectivity index (χ4v) is 3.05. The van der Waals surface area contributed by atoms with Crippen LogP contribution < -0.4 is 0 Å². The van der Waals surface area contributed by atoms with Gasteiger partial charge in [-0.25, -0.2) is 0 Å². The van der Waals surface area contributed by atoms with Gasteiger partial charge in [0.1, 0.15) is 5.75 Å². The molecular formula is C14H16BrNO4. The van der Waals surface area contributed by atoms with Crippen molar-refractivity contribution in [1.29, 1.82) is 0 Å². The van der Waals surface area contributed by atoms with Gasteiger partial charge in [0.25, 0.3) is 5.91 Å². The van der Waals surface area contributed by atoms with Crippen LogP contribution >= 0.6 is 15.9 Å². The molecule has 0 saturated carbocycles. The van der Waals surface area contributed by atoms with Gasteiger partial charge in [0.05, 0.1) is 18.8 Å². The Labute approximate surface area is 125 Å². The van der Waals surface area contributed by atoms with Crippen molar-refractivity contribution < 1.29 is 19.4 Å². The summed E-state index contributed by atoms with van der Waals surface area (Å²) in [6.45, 7) is 2.40. The Morgan fingerprint density at radius 1 is 1.25 bits per heavy atom. The van der Waals surface area contributed by atoms with Gasteiger partial charge in [0.2, 0.25) is 0 Å². The van der Waals surface area contributed by atoms with Crippen LogP contribution in [-0.2, 0) is 9.47 Å². The highest BCUT2D eigenvalue weighted by Gasteiger charge is 2.41. The highest BCUT2D eigenvalue weighted by molar-refractivity contribution is 9.10. The summed E-state index contributed by atoms with van der Waals surface area (Å²) in [4.78, 5) is 14.2. The van der Waals surface area contributed by atoms with E-state index >= 15 is 0 Å². The number of carbonyl (C=O) groups excluding carboxylic acids is 1. The van der Waals surface area contributed by atoms with E-state index in [4.69, 9.17) is 9.47 Å². The highest BCUT2D eigenvalue weighted by atomic mass is 79.9. The van der Waals surface area contributed by atoms with Gasteiger partial charge in [-0.3, -0.25) is 4.79 Å². The largest absolute Gasteiger partial charge is 0.507 e. The van der Waals surface area contributed by atoms with Crippen LogP contribution in [0, 0.1) is 0 Å². The fraction of sp³-hybridized carbons (Fsp3) is 0.500. The van der Waals surface area contributed by atoms with E-state index in [1.54, 1.807) is 17.0 Å². The normalized spacial score (nSPS) is 21.4. The fourth-order valence-electron chi connectivity index (χ4n) is 2.69. The minimum absolute atomic E-state index is 0.00635. The molecule has 1 spiro atoms. The van der Waals surface area contributed by atoms with Crippen LogP contribution in [0.1, 0.15) is 23.2 Å². The smallest absolute Gasteiger partial charge is 0.257 e. The number of phenolic OH excluding ortho intramolecular Hbond substituents is 1. The van der Waals surface area contributed by atoms with Crippen molar-refractivity contribution in [3.63, 3.8) is 0 Å². The third kappa shape index (κ3) is 2.55. The van der Waals surface area contributed by atoms with Crippen molar-refractivity contribution in [2.24, 2.45) is 0 Å². The number of hydrogen-bond donors (Lipinski definition) is 1. The van der Waals surface area contributed by atoms with Crippen LogP contribution in [0.2, 0.25) is 0 Å². The zero-order chi connectivity index (χ0) is 14.2. The van der Waals surface area contributed by atoms with E-state index in [0.717, 1.165) is 4.47 Å². The number of halogens is 1. The highest BCUT2D eigenvalue weighted by Crippen LogP contribution is 2.32. The van der Waals surface area contributed by atoms with E-state index in [9.17, 15) is 9.90 Å². The summed E-state index contributed by atoms with van der Waals surface area (Å²) in [6, 6.07) is 4.87. The number of carbonyl (C=O) groups is 1. The molecule has 1 N–H and O–H groups in total. The Morgan fingerprint density at radius 2 is 1.90 bits per heavy atom. The second-order valence-corrected chi connectivity index (χ2v) is 5.98. The number of hydrogen-bond acceptors (Lipinski definition) is 4. The maximum Gasteiger partial charge on any atom is 0.257 e. The quantitative estimate of drug-likeness (QED) is 0.850. The first-order valence-electron chi connectivity index (χ1n) is 6.65. The molecular weight excluding hydrogens is 326 g/mol. The summed E-state index contributed by atoms with van der Waals surface area (Å²) < 4.78 is 12.1. The minimum atomic E-state index is -0.490. The lowest BCUT2D eigenvalue weighted by atomic mass is 10.0. The molecule has 0 aliphatic carbocycles. The Kier molecular flexibility index (Phi) is 3.70. The van der Waals surface area contributed by atoms with E-state index in [1.807, 2.05) is 0 Å². The number of aromatic hydroxyl groups is 1. The zero-order valence-corrected chi connectivity index (χ0v) is 12.6. The van der Waals surface area contributed by atoms with Crippen molar-refractivity contribution in [3.8, 4) is 5.75 Å². The second kappa shape index (κ2) is 5.35. The van der Waals surface area contributed by atoms with E-state index in [-0.39, 0.29) is 11.7 Å². The number of nitrogens with zero attached hydrogens (tertiary/aromatic N) is 1. The maximum atomic E-state index is 12.4. The van der Waals surface area contributed by atoms with E-state index < -0.39 is 5.79 Å². The van der Waals surface area contributed by atoms with Crippen LogP contribution in [0.15, 0.2) is 22.7 Å². The molecule has 2 aliphatic heterocycles. The Morgan fingerprint density at radius 3 is 2.55 bits per heavy atom. The van der Waals surface area contributed by atoms with Crippen LogP contribution in [0.25, 0.3) is 0 Å². The van der Waals surface area contributed by atoms with Crippen molar-refractivity contribution >= 4 is 21.8 Å². The van der Waals surface area contributed by atoms with Gasteiger partial charge < -0.3 is 19.5 Å². The third-order valence-electron chi connectivity index (χ3n) is 3.82. The number of amides is 1. The van der Waals surface area contributed by atoms with Gasteiger partial charge >= 0.3 is 0 Å². The number of likely N-dealkylation sites (tertiary alicyclic amines) is 1. The first-order chi connectivity index (χ1) is 9.60. The molecule has 1 aromatic carbocycles. The molecule has 1 aromatic rings. The zero-order valence-electron chi connectivity index (χ0n) is 11.0. The van der Waals surface area contributed by atoms with Gasteiger partial charge in [0, 0.05) is 30.4 Å². The van der Waals surface area contributed by atoms with Gasteiger partial charge in [0.15, 0.2) is 5.79 Å². The summed E-state index contributed by atoms with van der Waals surface area (Å²) in [5.74, 6) is -0.640. The van der Waals surface area contributed by atoms with Crippen LogP contribution in [0.4, 0.5) is 0 Å². The first-order valence-corrected chi connectivity index (χ1v) is 7.45. The van der Waals surface area contributed by atoms with Gasteiger partial charge in [-0.15, -0.1) is 0 Å². The molecule has 5 nitrogen and oxygen atoms in total. The van der Waals surface area contributed by atoms with E-state index in [1.165, 1.54) is 6.07 Å². The molecule has 0 atom stereocenters. The van der Waals surface area contributed by atoms with Crippen LogP contribution in [0.3, 0.4) is 0 Å². The van der Waals surface area contributed by atoms with Crippen LogP contribution in [-0.4, -0.2) is 48.0 Å². The number of ether oxygens (including phenoxy) is 2.